The molecule has 0 saturated carbocycles. The number of amides is 1. The van der Waals surface area contributed by atoms with Gasteiger partial charge in [0.2, 0.25) is 5.91 Å². The number of hydrogen-bond acceptors (Lipinski definition) is 11. The molecule has 0 atom stereocenters. The van der Waals surface area contributed by atoms with E-state index in [0.717, 1.165) is 64.0 Å². The first-order valence-electron chi connectivity index (χ1n) is 14.1. The summed E-state index contributed by atoms with van der Waals surface area (Å²) in [5.74, 6) is -0.648. The highest BCUT2D eigenvalue weighted by atomic mass is 16.7. The predicted molar refractivity (Wildman–Crippen MR) is 149 cm³/mol. The summed E-state index contributed by atoms with van der Waals surface area (Å²) in [7, 11) is 0. The Morgan fingerprint density at radius 3 is 2.02 bits per heavy atom. The number of carbonyl (C=O) groups excluding carboxylic acids is 3. The molecule has 232 valence electrons. The number of hydrogen-bond donors (Lipinski definition) is 2. The van der Waals surface area contributed by atoms with E-state index in [4.69, 9.17) is 33.2 Å². The van der Waals surface area contributed by atoms with Crippen molar-refractivity contribution in [2.75, 3.05) is 73.0 Å². The van der Waals surface area contributed by atoms with Crippen LogP contribution in [0.2, 0.25) is 0 Å². The molecule has 40 heavy (non-hydrogen) atoms. The molecular formula is C28H50N2O10. The topological polar surface area (TPSA) is 140 Å². The lowest BCUT2D eigenvalue weighted by Gasteiger charge is -2.08. The summed E-state index contributed by atoms with van der Waals surface area (Å²) in [5.41, 5.74) is 0. The van der Waals surface area contributed by atoms with E-state index in [0.29, 0.717) is 45.9 Å². The maximum atomic E-state index is 11.9. The Bertz CT molecular complexity index is 649. The molecule has 0 aromatic rings. The lowest BCUT2D eigenvalue weighted by atomic mass is 10.2. The van der Waals surface area contributed by atoms with Crippen LogP contribution in [0, 0.1) is 0 Å². The average Bonchev–Trinajstić information content (AvgIpc) is 2.95. The Morgan fingerprint density at radius 2 is 1.27 bits per heavy atom. The van der Waals surface area contributed by atoms with Crippen molar-refractivity contribution in [1.82, 2.24) is 10.6 Å². The molecule has 0 aliphatic heterocycles. The van der Waals surface area contributed by atoms with Crippen LogP contribution in [0.25, 0.3) is 0 Å². The summed E-state index contributed by atoms with van der Waals surface area (Å²) in [6.07, 6.45) is 10.5. The van der Waals surface area contributed by atoms with Crippen LogP contribution in [0.3, 0.4) is 0 Å². The van der Waals surface area contributed by atoms with Crippen LogP contribution in [0.15, 0.2) is 25.5 Å². The molecule has 0 heterocycles. The van der Waals surface area contributed by atoms with Gasteiger partial charge in [-0.3, -0.25) is 14.9 Å². The van der Waals surface area contributed by atoms with Crippen LogP contribution in [0.5, 0.6) is 0 Å². The molecule has 12 heteroatoms. The van der Waals surface area contributed by atoms with Crippen molar-refractivity contribution in [1.29, 1.82) is 0 Å². The van der Waals surface area contributed by atoms with Gasteiger partial charge in [-0.1, -0.05) is 26.0 Å². The van der Waals surface area contributed by atoms with Gasteiger partial charge in [0.25, 0.3) is 0 Å². The summed E-state index contributed by atoms with van der Waals surface area (Å²) in [4.78, 5) is 34.3. The molecule has 0 bridgehead atoms. The normalized spacial score (nSPS) is 10.6. The van der Waals surface area contributed by atoms with Crippen molar-refractivity contribution in [2.24, 2.45) is 0 Å². The molecule has 12 nitrogen and oxygen atoms in total. The van der Waals surface area contributed by atoms with Crippen LogP contribution < -0.4 is 10.6 Å². The number of ether oxygens (including phenoxy) is 7. The third-order valence-corrected chi connectivity index (χ3v) is 5.23. The van der Waals surface area contributed by atoms with Crippen LogP contribution in [0.1, 0.15) is 64.2 Å². The predicted octanol–water partition coefficient (Wildman–Crippen LogP) is 2.96. The van der Waals surface area contributed by atoms with E-state index in [2.05, 4.69) is 23.8 Å². The van der Waals surface area contributed by atoms with Crippen LogP contribution in [-0.4, -0.2) is 90.9 Å². The molecule has 0 fully saturated rings. The van der Waals surface area contributed by atoms with Crippen LogP contribution in [0.4, 0.5) is 0 Å². The lowest BCUT2D eigenvalue weighted by molar-refractivity contribution is -0.146. The molecule has 0 aliphatic rings. The van der Waals surface area contributed by atoms with Crippen molar-refractivity contribution in [3.05, 3.63) is 25.5 Å². The Hall–Kier alpha value is -2.51. The highest BCUT2D eigenvalue weighted by molar-refractivity contribution is 5.81. The summed E-state index contributed by atoms with van der Waals surface area (Å²) in [6, 6.07) is 0. The second-order valence-electron chi connectivity index (χ2n) is 8.62. The number of carbonyl (C=O) groups is 3. The minimum Gasteiger partial charge on any atom is -0.476 e. The molecule has 0 radical (unpaired) electrons. The van der Waals surface area contributed by atoms with Gasteiger partial charge in [-0.05, 0) is 45.1 Å². The number of unbranched alkanes of at least 4 members (excludes halogenated alkanes) is 5. The van der Waals surface area contributed by atoms with Gasteiger partial charge >= 0.3 is 11.9 Å². The zero-order valence-corrected chi connectivity index (χ0v) is 24.0. The molecule has 2 N–H and O–H groups in total. The smallest absolute Gasteiger partial charge is 0.330 e. The maximum absolute atomic E-state index is 11.9. The Labute approximate surface area is 239 Å². The standard InChI is InChI=1S/C28H50N2O10/c1-3-27(32)39-21-19-38-25-36-18-11-7-13-26(31)30-16-10-6-5-9-15-29-23-35-17-12-8-14-28(33)40-22-20-37-24-34-4-2/h3-4,29H,1-2,5-25H2,(H,30,31). The van der Waals surface area contributed by atoms with Gasteiger partial charge in [0, 0.05) is 38.7 Å². The zero-order chi connectivity index (χ0) is 29.4. The number of rotatable bonds is 31. The zero-order valence-electron chi connectivity index (χ0n) is 24.0. The Morgan fingerprint density at radius 1 is 0.625 bits per heavy atom. The van der Waals surface area contributed by atoms with Crippen molar-refractivity contribution in [3.63, 3.8) is 0 Å². The van der Waals surface area contributed by atoms with E-state index in [-0.39, 0.29) is 45.3 Å². The van der Waals surface area contributed by atoms with Crippen molar-refractivity contribution >= 4 is 17.8 Å². The monoisotopic (exact) mass is 574 g/mol. The van der Waals surface area contributed by atoms with Crippen molar-refractivity contribution in [3.8, 4) is 0 Å². The Kier molecular flexibility index (Phi) is 29.1. The van der Waals surface area contributed by atoms with Gasteiger partial charge in [-0.15, -0.1) is 0 Å². The van der Waals surface area contributed by atoms with Crippen LogP contribution >= 0.6 is 0 Å². The third kappa shape index (κ3) is 30.0. The largest absolute Gasteiger partial charge is 0.476 e. The maximum Gasteiger partial charge on any atom is 0.330 e. The SMILES string of the molecule is C=COCOCCOC(=O)CCCCOCNCCCCCCNC(=O)CCCCOCOCCOC(=O)C=C. The van der Waals surface area contributed by atoms with E-state index in [9.17, 15) is 14.4 Å². The molecule has 0 spiro atoms. The molecule has 0 saturated heterocycles. The second-order valence-corrected chi connectivity index (χ2v) is 8.62. The van der Waals surface area contributed by atoms with Crippen LogP contribution in [-0.2, 0) is 47.5 Å². The van der Waals surface area contributed by atoms with E-state index >= 15 is 0 Å². The van der Waals surface area contributed by atoms with E-state index < -0.39 is 5.97 Å². The fraction of sp³-hybridized carbons (Fsp3) is 0.750. The van der Waals surface area contributed by atoms with Gasteiger partial charge < -0.3 is 38.5 Å². The average molecular weight is 575 g/mol. The first-order chi connectivity index (χ1) is 19.6. The highest BCUT2D eigenvalue weighted by Crippen LogP contribution is 2.01. The molecule has 1 amide bonds. The summed E-state index contributed by atoms with van der Waals surface area (Å²) >= 11 is 0. The molecule has 0 aliphatic carbocycles. The third-order valence-electron chi connectivity index (χ3n) is 5.23. The molecule has 0 rings (SSSR count). The fourth-order valence-electron chi connectivity index (χ4n) is 3.10. The lowest BCUT2D eigenvalue weighted by Crippen LogP contribution is -2.24. The second kappa shape index (κ2) is 31.0. The van der Waals surface area contributed by atoms with Gasteiger partial charge in [0.1, 0.15) is 20.0 Å². The minimum atomic E-state index is -0.477. The fourth-order valence-corrected chi connectivity index (χ4v) is 3.10. The van der Waals surface area contributed by atoms with Crippen molar-refractivity contribution in [2.45, 2.75) is 64.2 Å². The quantitative estimate of drug-likeness (QED) is 0.0415. The first-order valence-corrected chi connectivity index (χ1v) is 14.1. The molecule has 0 unspecified atom stereocenters. The molecular weight excluding hydrogens is 524 g/mol. The van der Waals surface area contributed by atoms with Crippen molar-refractivity contribution < 1.29 is 47.5 Å². The van der Waals surface area contributed by atoms with Gasteiger partial charge in [-0.25, -0.2) is 4.79 Å². The van der Waals surface area contributed by atoms with Gasteiger partial charge in [-0.2, -0.15) is 0 Å². The summed E-state index contributed by atoms with van der Waals surface area (Å²) < 4.78 is 35.7. The van der Waals surface area contributed by atoms with E-state index in [1.807, 2.05) is 0 Å². The number of esters is 2. The molecule has 0 aromatic heterocycles. The summed E-state index contributed by atoms with van der Waals surface area (Å²) in [5, 5.41) is 6.20. The van der Waals surface area contributed by atoms with Gasteiger partial charge in [0.15, 0.2) is 6.79 Å². The molecule has 0 aromatic carbocycles. The highest BCUT2D eigenvalue weighted by Gasteiger charge is 2.03. The Balaban J connectivity index is 3.24. The number of nitrogens with one attached hydrogen (secondary N) is 2. The first kappa shape index (κ1) is 37.5. The minimum absolute atomic E-state index is 0.0658. The van der Waals surface area contributed by atoms with Gasteiger partial charge in [0.05, 0.1) is 26.2 Å². The van der Waals surface area contributed by atoms with E-state index in [1.165, 1.54) is 6.26 Å². The summed E-state index contributed by atoms with van der Waals surface area (Å²) in [6.45, 7) is 11.1. The van der Waals surface area contributed by atoms with E-state index in [1.54, 1.807) is 0 Å².